The Hall–Kier alpha value is -1.97. The number of anilines is 1. The molecule has 1 fully saturated rings. The van der Waals surface area contributed by atoms with Gasteiger partial charge in [0, 0.05) is 29.3 Å². The fourth-order valence-electron chi connectivity index (χ4n) is 3.17. The van der Waals surface area contributed by atoms with Gasteiger partial charge in [-0.1, -0.05) is 19.8 Å². The van der Waals surface area contributed by atoms with E-state index in [0.717, 1.165) is 17.4 Å². The zero-order chi connectivity index (χ0) is 14.1. The number of carbonyl (C=O) groups is 1. The summed E-state index contributed by atoms with van der Waals surface area (Å²) in [5.41, 5.74) is 8.10. The number of benzene rings is 1. The first-order chi connectivity index (χ1) is 9.65. The molecule has 2 unspecified atom stereocenters. The van der Waals surface area contributed by atoms with Gasteiger partial charge in [-0.2, -0.15) is 0 Å². The fourth-order valence-corrected chi connectivity index (χ4v) is 3.17. The smallest absolute Gasteiger partial charge is 0.253 e. The van der Waals surface area contributed by atoms with Crippen LogP contribution in [0.15, 0.2) is 24.4 Å². The quantitative estimate of drug-likeness (QED) is 0.751. The van der Waals surface area contributed by atoms with Gasteiger partial charge in [-0.05, 0) is 36.5 Å². The van der Waals surface area contributed by atoms with E-state index in [1.807, 2.05) is 18.2 Å². The Balaban J connectivity index is 1.74. The van der Waals surface area contributed by atoms with Crippen LogP contribution < -0.4 is 11.1 Å². The number of nitrogen functional groups attached to an aromatic ring is 1. The number of hydrogen-bond acceptors (Lipinski definition) is 2. The van der Waals surface area contributed by atoms with E-state index in [2.05, 4.69) is 17.2 Å². The number of aromatic amines is 1. The lowest BCUT2D eigenvalue weighted by Gasteiger charge is -2.15. The Kier molecular flexibility index (Phi) is 3.38. The predicted octanol–water partition coefficient (Wildman–Crippen LogP) is 2.92. The molecule has 4 N–H and O–H groups in total. The average Bonchev–Trinajstić information content (AvgIpc) is 3.02. The zero-order valence-corrected chi connectivity index (χ0v) is 11.8. The van der Waals surface area contributed by atoms with Crippen molar-refractivity contribution in [1.29, 1.82) is 0 Å². The molecule has 1 heterocycles. The normalized spacial score (nSPS) is 22.2. The number of aromatic nitrogens is 1. The van der Waals surface area contributed by atoms with Gasteiger partial charge in [0.15, 0.2) is 0 Å². The molecule has 106 valence electrons. The van der Waals surface area contributed by atoms with Crippen LogP contribution in [-0.4, -0.2) is 17.4 Å². The molecule has 3 rings (SSSR count). The lowest BCUT2D eigenvalue weighted by atomic mass is 9.98. The van der Waals surface area contributed by atoms with E-state index >= 15 is 0 Å². The van der Waals surface area contributed by atoms with Gasteiger partial charge in [-0.15, -0.1) is 0 Å². The van der Waals surface area contributed by atoms with E-state index in [9.17, 15) is 4.79 Å². The number of amides is 1. The van der Waals surface area contributed by atoms with Crippen LogP contribution in [0.4, 0.5) is 5.69 Å². The molecule has 20 heavy (non-hydrogen) atoms. The number of rotatable bonds is 3. The van der Waals surface area contributed by atoms with Crippen molar-refractivity contribution in [2.45, 2.75) is 26.2 Å². The molecule has 1 saturated carbocycles. The number of hydrogen-bond donors (Lipinski definition) is 3. The van der Waals surface area contributed by atoms with Gasteiger partial charge in [-0.25, -0.2) is 0 Å². The lowest BCUT2D eigenvalue weighted by molar-refractivity contribution is 0.0946. The van der Waals surface area contributed by atoms with Crippen LogP contribution in [0.2, 0.25) is 0 Å². The molecule has 0 saturated heterocycles. The van der Waals surface area contributed by atoms with Gasteiger partial charge in [0.2, 0.25) is 0 Å². The van der Waals surface area contributed by atoms with Crippen molar-refractivity contribution in [3.05, 3.63) is 30.0 Å². The maximum absolute atomic E-state index is 12.3. The predicted molar refractivity (Wildman–Crippen MR) is 81.5 cm³/mol. The summed E-state index contributed by atoms with van der Waals surface area (Å²) in [6, 6.07) is 5.58. The second-order valence-corrected chi connectivity index (χ2v) is 5.89. The topological polar surface area (TPSA) is 70.9 Å². The number of fused-ring (bicyclic) bond motifs is 1. The van der Waals surface area contributed by atoms with Crippen LogP contribution >= 0.6 is 0 Å². The number of H-pyrrole nitrogens is 1. The molecule has 1 aliphatic rings. The third-order valence-electron chi connectivity index (χ3n) is 4.51. The summed E-state index contributed by atoms with van der Waals surface area (Å²) in [4.78, 5) is 15.4. The molecule has 1 amide bonds. The molecule has 4 heteroatoms. The van der Waals surface area contributed by atoms with Crippen LogP contribution in [0.25, 0.3) is 10.9 Å². The van der Waals surface area contributed by atoms with Gasteiger partial charge in [0.05, 0.1) is 5.56 Å². The molecule has 2 atom stereocenters. The van der Waals surface area contributed by atoms with Crippen molar-refractivity contribution < 1.29 is 4.79 Å². The van der Waals surface area contributed by atoms with Crippen LogP contribution in [0.5, 0.6) is 0 Å². The SMILES string of the molecule is CC1CCCC1CNC(=O)c1c[nH]c2ccc(N)cc12. The highest BCUT2D eigenvalue weighted by molar-refractivity contribution is 6.07. The molecule has 0 spiro atoms. The summed E-state index contributed by atoms with van der Waals surface area (Å²) in [5, 5.41) is 3.96. The summed E-state index contributed by atoms with van der Waals surface area (Å²) < 4.78 is 0. The van der Waals surface area contributed by atoms with Crippen molar-refractivity contribution >= 4 is 22.5 Å². The Bertz CT molecular complexity index is 632. The molecule has 1 aromatic heterocycles. The minimum absolute atomic E-state index is 0.0130. The van der Waals surface area contributed by atoms with Crippen molar-refractivity contribution in [1.82, 2.24) is 10.3 Å². The number of nitrogens with two attached hydrogens (primary N) is 1. The van der Waals surface area contributed by atoms with Crippen molar-refractivity contribution in [2.24, 2.45) is 11.8 Å². The average molecular weight is 271 g/mol. The summed E-state index contributed by atoms with van der Waals surface area (Å²) in [5.74, 6) is 1.32. The van der Waals surface area contributed by atoms with Gasteiger partial charge in [-0.3, -0.25) is 4.79 Å². The molecule has 2 aromatic rings. The van der Waals surface area contributed by atoms with E-state index in [1.165, 1.54) is 19.3 Å². The second kappa shape index (κ2) is 5.19. The molecule has 0 bridgehead atoms. The summed E-state index contributed by atoms with van der Waals surface area (Å²) in [7, 11) is 0. The Morgan fingerprint density at radius 1 is 1.45 bits per heavy atom. The van der Waals surface area contributed by atoms with Crippen LogP contribution in [-0.2, 0) is 0 Å². The third-order valence-corrected chi connectivity index (χ3v) is 4.51. The number of carbonyl (C=O) groups excluding carboxylic acids is 1. The molecular weight excluding hydrogens is 250 g/mol. The molecule has 1 aromatic carbocycles. The van der Waals surface area contributed by atoms with Gasteiger partial charge >= 0.3 is 0 Å². The monoisotopic (exact) mass is 271 g/mol. The van der Waals surface area contributed by atoms with E-state index in [-0.39, 0.29) is 5.91 Å². The van der Waals surface area contributed by atoms with Crippen molar-refractivity contribution in [3.8, 4) is 0 Å². The Labute approximate surface area is 118 Å². The van der Waals surface area contributed by atoms with E-state index in [1.54, 1.807) is 6.20 Å². The standard InChI is InChI=1S/C16H21N3O/c1-10-3-2-4-11(10)8-19-16(20)14-9-18-15-6-5-12(17)7-13(14)15/h5-7,9-11,18H,2-4,8,17H2,1H3,(H,19,20). The van der Waals surface area contributed by atoms with Crippen LogP contribution in [0.3, 0.4) is 0 Å². The van der Waals surface area contributed by atoms with Gasteiger partial charge < -0.3 is 16.0 Å². The highest BCUT2D eigenvalue weighted by Crippen LogP contribution is 2.30. The maximum Gasteiger partial charge on any atom is 0.253 e. The van der Waals surface area contributed by atoms with E-state index in [4.69, 9.17) is 5.73 Å². The van der Waals surface area contributed by atoms with E-state index in [0.29, 0.717) is 23.1 Å². The van der Waals surface area contributed by atoms with Crippen molar-refractivity contribution in [2.75, 3.05) is 12.3 Å². The maximum atomic E-state index is 12.3. The summed E-state index contributed by atoms with van der Waals surface area (Å²) >= 11 is 0. The molecule has 0 aliphatic heterocycles. The molecule has 1 aliphatic carbocycles. The third kappa shape index (κ3) is 2.38. The summed E-state index contributed by atoms with van der Waals surface area (Å²) in [6.45, 7) is 3.05. The van der Waals surface area contributed by atoms with Crippen LogP contribution in [0, 0.1) is 11.8 Å². The highest BCUT2D eigenvalue weighted by atomic mass is 16.1. The molecular formula is C16H21N3O. The van der Waals surface area contributed by atoms with Gasteiger partial charge in [0.25, 0.3) is 5.91 Å². The lowest BCUT2D eigenvalue weighted by Crippen LogP contribution is -2.30. The molecule has 4 nitrogen and oxygen atoms in total. The van der Waals surface area contributed by atoms with Crippen LogP contribution in [0.1, 0.15) is 36.5 Å². The second-order valence-electron chi connectivity index (χ2n) is 5.89. The molecule has 0 radical (unpaired) electrons. The first-order valence-electron chi connectivity index (χ1n) is 7.30. The minimum atomic E-state index is -0.0130. The summed E-state index contributed by atoms with van der Waals surface area (Å²) in [6.07, 6.45) is 5.55. The van der Waals surface area contributed by atoms with Gasteiger partial charge in [0.1, 0.15) is 0 Å². The van der Waals surface area contributed by atoms with Crippen molar-refractivity contribution in [3.63, 3.8) is 0 Å². The highest BCUT2D eigenvalue weighted by Gasteiger charge is 2.24. The first kappa shape index (κ1) is 13.0. The Morgan fingerprint density at radius 2 is 2.30 bits per heavy atom. The largest absolute Gasteiger partial charge is 0.399 e. The Morgan fingerprint density at radius 3 is 3.05 bits per heavy atom. The first-order valence-corrected chi connectivity index (χ1v) is 7.30. The number of nitrogens with one attached hydrogen (secondary N) is 2. The fraction of sp³-hybridized carbons (Fsp3) is 0.438. The zero-order valence-electron chi connectivity index (χ0n) is 11.8. The minimum Gasteiger partial charge on any atom is -0.399 e. The van der Waals surface area contributed by atoms with E-state index < -0.39 is 0 Å².